The van der Waals surface area contributed by atoms with Gasteiger partial charge in [-0.3, -0.25) is 0 Å². The molecule has 0 atom stereocenters. The minimum absolute atomic E-state index is 1.18. The maximum absolute atomic E-state index is 2.36. The van der Waals surface area contributed by atoms with Crippen molar-refractivity contribution in [3.63, 3.8) is 0 Å². The molecule has 0 spiro atoms. The van der Waals surface area contributed by atoms with Gasteiger partial charge in [0.15, 0.2) is 0 Å². The smallest absolute Gasteiger partial charge is 0.0171 e. The molecule has 0 aliphatic heterocycles. The van der Waals surface area contributed by atoms with Crippen LogP contribution in [-0.4, -0.2) is 0 Å². The third kappa shape index (κ3) is 7.88. The van der Waals surface area contributed by atoms with E-state index in [1.165, 1.54) is 100 Å². The molecule has 0 saturated heterocycles. The summed E-state index contributed by atoms with van der Waals surface area (Å²) in [4.78, 5) is 0. The Bertz CT molecular complexity index is 2720. The van der Waals surface area contributed by atoms with Crippen molar-refractivity contribution in [3.05, 3.63) is 255 Å². The summed E-state index contributed by atoms with van der Waals surface area (Å²) in [5, 5.41) is 0. The molecule has 0 fully saturated rings. The van der Waals surface area contributed by atoms with Crippen LogP contribution in [0.2, 0.25) is 0 Å². The first-order valence-electron chi connectivity index (χ1n) is 20.6. The summed E-state index contributed by atoms with van der Waals surface area (Å²) in [6.07, 6.45) is 0. The second-order valence-electron chi connectivity index (χ2n) is 15.4. The standard InChI is InChI=1S/C60H42/c1-4-16-43(17-5-1)46-22-10-25-49(34-46)52-28-13-31-55(37-52)58-40-59(56-32-14-29-53(38-56)50-26-11-23-47(35-50)44-18-6-2-7-19-44)42-60(41-58)57-33-15-30-54(39-57)51-27-12-24-48(36-51)45-20-8-3-9-21-45/h1-42H. The summed E-state index contributed by atoms with van der Waals surface area (Å²) in [7, 11) is 0. The lowest BCUT2D eigenvalue weighted by molar-refractivity contribution is 1.54. The number of benzene rings is 10. The number of hydrogen-bond acceptors (Lipinski definition) is 0. The van der Waals surface area contributed by atoms with Gasteiger partial charge in [0.05, 0.1) is 0 Å². The third-order valence-electron chi connectivity index (χ3n) is 11.4. The summed E-state index contributed by atoms with van der Waals surface area (Å²) in [5.74, 6) is 0. The Morgan fingerprint density at radius 1 is 0.100 bits per heavy atom. The van der Waals surface area contributed by atoms with Crippen LogP contribution in [0.4, 0.5) is 0 Å². The molecular weight excluding hydrogens is 721 g/mol. The predicted octanol–water partition coefficient (Wildman–Crippen LogP) is 16.7. The fraction of sp³-hybridized carbons (Fsp3) is 0. The van der Waals surface area contributed by atoms with Crippen molar-refractivity contribution in [3.8, 4) is 100 Å². The highest BCUT2D eigenvalue weighted by molar-refractivity contribution is 5.86. The second kappa shape index (κ2) is 16.6. The normalized spacial score (nSPS) is 11.0. The van der Waals surface area contributed by atoms with Crippen LogP contribution in [0.1, 0.15) is 0 Å². The quantitative estimate of drug-likeness (QED) is 0.137. The SMILES string of the molecule is c1ccc(-c2cccc(-c3cccc(-c4cc(-c5cccc(-c6cccc(-c7ccccc7)c6)c5)cc(-c5cccc(-c6cccc(-c7ccccc7)c6)c5)c4)c3)c2)cc1. The molecule has 10 aromatic carbocycles. The molecule has 10 aromatic rings. The zero-order chi connectivity index (χ0) is 40.1. The first kappa shape index (κ1) is 36.5. The van der Waals surface area contributed by atoms with E-state index in [2.05, 4.69) is 255 Å². The molecule has 282 valence electrons. The van der Waals surface area contributed by atoms with Crippen molar-refractivity contribution >= 4 is 0 Å². The molecule has 0 aromatic heterocycles. The van der Waals surface area contributed by atoms with Crippen LogP contribution in [0.3, 0.4) is 0 Å². The largest absolute Gasteiger partial charge is 0.0622 e. The fourth-order valence-corrected chi connectivity index (χ4v) is 8.29. The van der Waals surface area contributed by atoms with Crippen LogP contribution in [0.5, 0.6) is 0 Å². The molecule has 0 aliphatic carbocycles. The molecule has 0 unspecified atom stereocenters. The summed E-state index contributed by atoms with van der Waals surface area (Å²) in [6.45, 7) is 0. The van der Waals surface area contributed by atoms with Gasteiger partial charge in [-0.25, -0.2) is 0 Å². The van der Waals surface area contributed by atoms with Crippen molar-refractivity contribution in [1.29, 1.82) is 0 Å². The molecule has 0 bridgehead atoms. The third-order valence-corrected chi connectivity index (χ3v) is 11.4. The number of rotatable bonds is 9. The van der Waals surface area contributed by atoms with E-state index in [1.54, 1.807) is 0 Å². The highest BCUT2D eigenvalue weighted by Crippen LogP contribution is 2.38. The monoisotopic (exact) mass is 762 g/mol. The van der Waals surface area contributed by atoms with Crippen molar-refractivity contribution < 1.29 is 0 Å². The van der Waals surface area contributed by atoms with Crippen LogP contribution < -0.4 is 0 Å². The Morgan fingerprint density at radius 2 is 0.233 bits per heavy atom. The van der Waals surface area contributed by atoms with Gasteiger partial charge in [-0.05, 0) is 155 Å². The highest BCUT2D eigenvalue weighted by atomic mass is 14.2. The first-order chi connectivity index (χ1) is 29.7. The second-order valence-corrected chi connectivity index (χ2v) is 15.4. The Morgan fingerprint density at radius 3 is 0.433 bits per heavy atom. The van der Waals surface area contributed by atoms with Gasteiger partial charge < -0.3 is 0 Å². The minimum atomic E-state index is 1.18. The Labute approximate surface area is 353 Å². The lowest BCUT2D eigenvalue weighted by Crippen LogP contribution is -1.89. The van der Waals surface area contributed by atoms with E-state index in [0.29, 0.717) is 0 Å². The Balaban J connectivity index is 1.07. The highest BCUT2D eigenvalue weighted by Gasteiger charge is 2.12. The lowest BCUT2D eigenvalue weighted by atomic mass is 9.90. The van der Waals surface area contributed by atoms with E-state index < -0.39 is 0 Å². The van der Waals surface area contributed by atoms with E-state index in [9.17, 15) is 0 Å². The molecule has 0 heterocycles. The molecule has 0 amide bonds. The van der Waals surface area contributed by atoms with E-state index >= 15 is 0 Å². The van der Waals surface area contributed by atoms with Gasteiger partial charge in [0.25, 0.3) is 0 Å². The summed E-state index contributed by atoms with van der Waals surface area (Å²) < 4.78 is 0. The molecule has 0 heteroatoms. The molecule has 0 saturated carbocycles. The maximum Gasteiger partial charge on any atom is -0.0171 e. The average Bonchev–Trinajstić information content (AvgIpc) is 3.35. The van der Waals surface area contributed by atoms with Gasteiger partial charge in [-0.1, -0.05) is 200 Å². The van der Waals surface area contributed by atoms with Gasteiger partial charge in [0.1, 0.15) is 0 Å². The molecule has 60 heavy (non-hydrogen) atoms. The van der Waals surface area contributed by atoms with Crippen molar-refractivity contribution in [2.24, 2.45) is 0 Å². The van der Waals surface area contributed by atoms with Gasteiger partial charge >= 0.3 is 0 Å². The Kier molecular flexibility index (Phi) is 10.1. The van der Waals surface area contributed by atoms with Crippen molar-refractivity contribution in [1.82, 2.24) is 0 Å². The molecule has 0 nitrogen and oxygen atoms in total. The zero-order valence-electron chi connectivity index (χ0n) is 33.2. The maximum atomic E-state index is 2.36. The van der Waals surface area contributed by atoms with Crippen molar-refractivity contribution in [2.75, 3.05) is 0 Å². The summed E-state index contributed by atoms with van der Waals surface area (Å²) in [6, 6.07) is 92.5. The fourth-order valence-electron chi connectivity index (χ4n) is 8.29. The van der Waals surface area contributed by atoms with Crippen LogP contribution in [0.25, 0.3) is 100 Å². The van der Waals surface area contributed by atoms with E-state index in [-0.39, 0.29) is 0 Å². The molecule has 10 rings (SSSR count). The predicted molar refractivity (Wildman–Crippen MR) is 255 cm³/mol. The Hall–Kier alpha value is -7.80. The average molecular weight is 763 g/mol. The van der Waals surface area contributed by atoms with E-state index in [1.807, 2.05) is 0 Å². The molecule has 0 radical (unpaired) electrons. The van der Waals surface area contributed by atoms with E-state index in [4.69, 9.17) is 0 Å². The van der Waals surface area contributed by atoms with E-state index in [0.717, 1.165) is 0 Å². The lowest BCUT2D eigenvalue weighted by Gasteiger charge is -2.14. The van der Waals surface area contributed by atoms with Crippen LogP contribution in [-0.2, 0) is 0 Å². The summed E-state index contributed by atoms with van der Waals surface area (Å²) in [5.41, 5.74) is 21.5. The molecule has 0 N–H and O–H groups in total. The van der Waals surface area contributed by atoms with Gasteiger partial charge in [-0.15, -0.1) is 0 Å². The van der Waals surface area contributed by atoms with Crippen LogP contribution in [0.15, 0.2) is 255 Å². The van der Waals surface area contributed by atoms with Gasteiger partial charge in [0.2, 0.25) is 0 Å². The first-order valence-corrected chi connectivity index (χ1v) is 20.6. The minimum Gasteiger partial charge on any atom is -0.0622 e. The van der Waals surface area contributed by atoms with Gasteiger partial charge in [0, 0.05) is 0 Å². The van der Waals surface area contributed by atoms with Gasteiger partial charge in [-0.2, -0.15) is 0 Å². The zero-order valence-corrected chi connectivity index (χ0v) is 33.2. The molecule has 0 aliphatic rings. The topological polar surface area (TPSA) is 0 Å². The number of hydrogen-bond donors (Lipinski definition) is 0. The van der Waals surface area contributed by atoms with Crippen molar-refractivity contribution in [2.45, 2.75) is 0 Å². The summed E-state index contributed by atoms with van der Waals surface area (Å²) >= 11 is 0. The van der Waals surface area contributed by atoms with Crippen LogP contribution in [0, 0.1) is 0 Å². The van der Waals surface area contributed by atoms with Crippen LogP contribution >= 0.6 is 0 Å². The molecular formula is C60H42.